The predicted molar refractivity (Wildman–Crippen MR) is 97.3 cm³/mol. The van der Waals surface area contributed by atoms with E-state index in [4.69, 9.17) is 0 Å². The fourth-order valence-corrected chi connectivity index (χ4v) is 2.99. The monoisotopic (exact) mass is 316 g/mol. The Hall–Kier alpha value is -2.81. The molecule has 1 aliphatic rings. The number of nitrogens with one attached hydrogen (secondary N) is 1. The standard InChI is InChI=1S/C21H20N2O/c24-21(11-7-16-4-2-1-3-5-16)23(19-9-10-19)15-17-6-8-18-12-13-22-20(18)14-17/h1-8,11-14,19,22H,9-10,15H2/b11-7+. The number of hydrogen-bond donors (Lipinski definition) is 1. The first-order valence-corrected chi connectivity index (χ1v) is 8.39. The van der Waals surface area contributed by atoms with Crippen LogP contribution in [0.15, 0.2) is 66.9 Å². The Kier molecular flexibility index (Phi) is 3.91. The van der Waals surface area contributed by atoms with Crippen LogP contribution >= 0.6 is 0 Å². The Morgan fingerprint density at radius 3 is 2.75 bits per heavy atom. The third-order valence-corrected chi connectivity index (χ3v) is 4.46. The number of fused-ring (bicyclic) bond motifs is 1. The number of aromatic nitrogens is 1. The van der Waals surface area contributed by atoms with Crippen LogP contribution in [0.1, 0.15) is 24.0 Å². The van der Waals surface area contributed by atoms with Crippen molar-refractivity contribution in [1.29, 1.82) is 0 Å². The average Bonchev–Trinajstić information content (AvgIpc) is 3.35. The summed E-state index contributed by atoms with van der Waals surface area (Å²) in [7, 11) is 0. The molecular weight excluding hydrogens is 296 g/mol. The summed E-state index contributed by atoms with van der Waals surface area (Å²) in [4.78, 5) is 17.9. The van der Waals surface area contributed by atoms with Crippen molar-refractivity contribution in [2.45, 2.75) is 25.4 Å². The van der Waals surface area contributed by atoms with Crippen molar-refractivity contribution in [2.75, 3.05) is 0 Å². The molecule has 1 aromatic heterocycles. The summed E-state index contributed by atoms with van der Waals surface area (Å²) in [5, 5.41) is 1.20. The van der Waals surface area contributed by atoms with Gasteiger partial charge in [0.05, 0.1) is 0 Å². The van der Waals surface area contributed by atoms with Gasteiger partial charge >= 0.3 is 0 Å². The number of nitrogens with zero attached hydrogens (tertiary/aromatic N) is 1. The molecule has 0 atom stereocenters. The van der Waals surface area contributed by atoms with E-state index in [-0.39, 0.29) is 5.91 Å². The van der Waals surface area contributed by atoms with Gasteiger partial charge < -0.3 is 9.88 Å². The summed E-state index contributed by atoms with van der Waals surface area (Å²) in [5.74, 6) is 0.0907. The van der Waals surface area contributed by atoms with Gasteiger partial charge in [0.25, 0.3) is 0 Å². The molecule has 1 saturated carbocycles. The molecule has 2 aromatic carbocycles. The van der Waals surface area contributed by atoms with Crippen LogP contribution in [0.5, 0.6) is 0 Å². The molecule has 3 aromatic rings. The molecule has 3 nitrogen and oxygen atoms in total. The summed E-state index contributed by atoms with van der Waals surface area (Å²) < 4.78 is 0. The van der Waals surface area contributed by atoms with Crippen LogP contribution in [-0.4, -0.2) is 21.8 Å². The molecule has 1 heterocycles. The molecule has 120 valence electrons. The minimum Gasteiger partial charge on any atom is -0.361 e. The Morgan fingerprint density at radius 1 is 1.12 bits per heavy atom. The normalized spacial score (nSPS) is 14.3. The van der Waals surface area contributed by atoms with E-state index in [0.29, 0.717) is 12.6 Å². The van der Waals surface area contributed by atoms with Crippen LogP contribution in [-0.2, 0) is 11.3 Å². The molecule has 24 heavy (non-hydrogen) atoms. The van der Waals surface area contributed by atoms with Crippen LogP contribution in [0.25, 0.3) is 17.0 Å². The number of carbonyl (C=O) groups is 1. The largest absolute Gasteiger partial charge is 0.361 e. The molecule has 1 N–H and O–H groups in total. The quantitative estimate of drug-likeness (QED) is 0.697. The third-order valence-electron chi connectivity index (χ3n) is 4.46. The van der Waals surface area contributed by atoms with Gasteiger partial charge in [0.2, 0.25) is 5.91 Å². The first-order chi connectivity index (χ1) is 11.8. The van der Waals surface area contributed by atoms with E-state index in [1.165, 1.54) is 10.9 Å². The fraction of sp³-hybridized carbons (Fsp3) is 0.190. The van der Waals surface area contributed by atoms with Crippen LogP contribution in [0.3, 0.4) is 0 Å². The summed E-state index contributed by atoms with van der Waals surface area (Å²) in [6, 6.07) is 18.8. The highest BCUT2D eigenvalue weighted by Crippen LogP contribution is 2.29. The van der Waals surface area contributed by atoms with Gasteiger partial charge in [-0.3, -0.25) is 4.79 Å². The van der Waals surface area contributed by atoms with Gasteiger partial charge in [-0.25, -0.2) is 0 Å². The van der Waals surface area contributed by atoms with Crippen molar-refractivity contribution in [3.05, 3.63) is 78.0 Å². The molecule has 0 radical (unpaired) electrons. The molecular formula is C21H20N2O. The zero-order valence-electron chi connectivity index (χ0n) is 13.5. The molecule has 1 fully saturated rings. The molecule has 0 unspecified atom stereocenters. The summed E-state index contributed by atoms with van der Waals surface area (Å²) in [6.45, 7) is 0.664. The van der Waals surface area contributed by atoms with Gasteiger partial charge in [0, 0.05) is 30.4 Å². The highest BCUT2D eigenvalue weighted by Gasteiger charge is 2.31. The van der Waals surface area contributed by atoms with Gasteiger partial charge in [-0.15, -0.1) is 0 Å². The number of carbonyl (C=O) groups excluding carboxylic acids is 1. The second-order valence-corrected chi connectivity index (χ2v) is 6.34. The Bertz CT molecular complexity index is 875. The predicted octanol–water partition coefficient (Wildman–Crippen LogP) is 4.37. The topological polar surface area (TPSA) is 36.1 Å². The number of benzene rings is 2. The SMILES string of the molecule is O=C(/C=C/c1ccccc1)N(Cc1ccc2cc[nH]c2c1)C1CC1. The zero-order valence-corrected chi connectivity index (χ0v) is 13.5. The van der Waals surface area contributed by atoms with E-state index < -0.39 is 0 Å². The second kappa shape index (κ2) is 6.36. The molecule has 3 heteroatoms. The van der Waals surface area contributed by atoms with Crippen LogP contribution in [0.2, 0.25) is 0 Å². The van der Waals surface area contributed by atoms with Gasteiger partial charge in [-0.1, -0.05) is 42.5 Å². The molecule has 0 saturated heterocycles. The van der Waals surface area contributed by atoms with Crippen molar-refractivity contribution >= 4 is 22.9 Å². The first-order valence-electron chi connectivity index (χ1n) is 8.39. The van der Waals surface area contributed by atoms with Crippen molar-refractivity contribution in [2.24, 2.45) is 0 Å². The molecule has 1 amide bonds. The number of H-pyrrole nitrogens is 1. The highest BCUT2D eigenvalue weighted by atomic mass is 16.2. The van der Waals surface area contributed by atoms with E-state index in [2.05, 4.69) is 29.2 Å². The van der Waals surface area contributed by atoms with E-state index in [9.17, 15) is 4.79 Å². The smallest absolute Gasteiger partial charge is 0.247 e. The lowest BCUT2D eigenvalue weighted by atomic mass is 10.1. The lowest BCUT2D eigenvalue weighted by molar-refractivity contribution is -0.127. The third kappa shape index (κ3) is 3.25. The lowest BCUT2D eigenvalue weighted by Crippen LogP contribution is -2.31. The zero-order chi connectivity index (χ0) is 16.4. The first kappa shape index (κ1) is 14.8. The minimum absolute atomic E-state index is 0.0907. The number of aromatic amines is 1. The van der Waals surface area contributed by atoms with Gasteiger partial charge in [0.1, 0.15) is 0 Å². The summed E-state index contributed by atoms with van der Waals surface area (Å²) in [6.07, 6.45) is 7.75. The van der Waals surface area contributed by atoms with Gasteiger partial charge in [-0.2, -0.15) is 0 Å². The van der Waals surface area contributed by atoms with Crippen molar-refractivity contribution in [3.63, 3.8) is 0 Å². The van der Waals surface area contributed by atoms with Crippen LogP contribution in [0.4, 0.5) is 0 Å². The fourth-order valence-electron chi connectivity index (χ4n) is 2.99. The minimum atomic E-state index is 0.0907. The number of rotatable bonds is 5. The number of hydrogen-bond acceptors (Lipinski definition) is 1. The highest BCUT2D eigenvalue weighted by molar-refractivity contribution is 5.92. The molecule has 0 spiro atoms. The molecule has 1 aliphatic carbocycles. The second-order valence-electron chi connectivity index (χ2n) is 6.34. The molecule has 0 aliphatic heterocycles. The molecule has 0 bridgehead atoms. The van der Waals surface area contributed by atoms with E-state index in [0.717, 1.165) is 23.9 Å². The van der Waals surface area contributed by atoms with Crippen molar-refractivity contribution < 1.29 is 4.79 Å². The van der Waals surface area contributed by atoms with Crippen molar-refractivity contribution in [1.82, 2.24) is 9.88 Å². The average molecular weight is 316 g/mol. The van der Waals surface area contributed by atoms with E-state index >= 15 is 0 Å². The lowest BCUT2D eigenvalue weighted by Gasteiger charge is -2.21. The van der Waals surface area contributed by atoms with Crippen LogP contribution < -0.4 is 0 Å². The Morgan fingerprint density at radius 2 is 1.96 bits per heavy atom. The van der Waals surface area contributed by atoms with Gasteiger partial charge in [-0.05, 0) is 47.6 Å². The Labute approximate surface area is 141 Å². The van der Waals surface area contributed by atoms with Crippen LogP contribution in [0, 0.1) is 0 Å². The van der Waals surface area contributed by atoms with E-state index in [1.807, 2.05) is 47.5 Å². The van der Waals surface area contributed by atoms with Crippen molar-refractivity contribution in [3.8, 4) is 0 Å². The summed E-state index contributed by atoms with van der Waals surface area (Å²) in [5.41, 5.74) is 3.34. The molecule has 4 rings (SSSR count). The van der Waals surface area contributed by atoms with E-state index in [1.54, 1.807) is 6.08 Å². The Balaban J connectivity index is 1.51. The van der Waals surface area contributed by atoms with Gasteiger partial charge in [0.15, 0.2) is 0 Å². The maximum Gasteiger partial charge on any atom is 0.247 e. The summed E-state index contributed by atoms with van der Waals surface area (Å²) >= 11 is 0. The maximum absolute atomic E-state index is 12.6. The maximum atomic E-state index is 12.6. The number of amides is 1.